The van der Waals surface area contributed by atoms with Gasteiger partial charge in [-0.1, -0.05) is 0 Å². The maximum atomic E-state index is 11.7. The molecule has 158 valence electrons. The fraction of sp³-hybridized carbons (Fsp3) is 0.556. The number of aromatic nitrogens is 4. The summed E-state index contributed by atoms with van der Waals surface area (Å²) in [6.45, 7) is 3.41. The molecule has 2 aromatic rings. The van der Waals surface area contributed by atoms with Crippen LogP contribution in [-0.2, 0) is 14.2 Å². The zero-order valence-electron chi connectivity index (χ0n) is 16.5. The number of methoxy groups -OCH3 is 1. The van der Waals surface area contributed by atoms with Crippen LogP contribution >= 0.6 is 0 Å². The average molecular weight is 405 g/mol. The first kappa shape index (κ1) is 21.0. The zero-order chi connectivity index (χ0) is 20.5. The lowest BCUT2D eigenvalue weighted by molar-refractivity contribution is 0.0662. The number of nitrogens with two attached hydrogens (primary N) is 1. The Labute approximate surface area is 168 Å². The molecule has 0 aliphatic carbocycles. The highest BCUT2D eigenvalue weighted by atomic mass is 16.5. The minimum atomic E-state index is -0.605. The Bertz CT molecular complexity index is 792. The van der Waals surface area contributed by atoms with Crippen molar-refractivity contribution in [3.8, 4) is 0 Å². The number of hydrogen-bond donors (Lipinski definition) is 3. The maximum absolute atomic E-state index is 11.7. The third kappa shape index (κ3) is 6.11. The third-order valence-electron chi connectivity index (χ3n) is 4.45. The lowest BCUT2D eigenvalue weighted by Gasteiger charge is -2.22. The van der Waals surface area contributed by atoms with E-state index in [1.54, 1.807) is 13.3 Å². The molecule has 0 radical (unpaired) electrons. The predicted octanol–water partition coefficient (Wildman–Crippen LogP) is 0.942. The van der Waals surface area contributed by atoms with Gasteiger partial charge in [-0.2, -0.15) is 10.1 Å². The summed E-state index contributed by atoms with van der Waals surface area (Å²) < 4.78 is 17.6. The van der Waals surface area contributed by atoms with Crippen LogP contribution in [0.15, 0.2) is 18.6 Å². The summed E-state index contributed by atoms with van der Waals surface area (Å²) in [5.41, 5.74) is 6.40. The van der Waals surface area contributed by atoms with E-state index in [-0.39, 0.29) is 5.56 Å². The van der Waals surface area contributed by atoms with Crippen molar-refractivity contribution in [2.45, 2.75) is 18.9 Å². The Kier molecular flexibility index (Phi) is 7.73. The molecule has 1 saturated heterocycles. The number of carbonyl (C=O) groups is 1. The molecule has 3 rings (SSSR count). The fourth-order valence-corrected chi connectivity index (χ4v) is 2.92. The first-order valence-corrected chi connectivity index (χ1v) is 9.53. The molecule has 1 amide bonds. The molecular formula is C18H27N7O4. The van der Waals surface area contributed by atoms with Gasteiger partial charge in [0.05, 0.1) is 43.3 Å². The number of amides is 1. The maximum Gasteiger partial charge on any atom is 0.254 e. The molecule has 1 fully saturated rings. The van der Waals surface area contributed by atoms with E-state index in [1.807, 2.05) is 10.9 Å². The molecule has 29 heavy (non-hydrogen) atoms. The van der Waals surface area contributed by atoms with Crippen molar-refractivity contribution in [2.24, 2.45) is 5.73 Å². The number of rotatable bonds is 11. The highest BCUT2D eigenvalue weighted by molar-refractivity contribution is 5.97. The second-order valence-electron chi connectivity index (χ2n) is 6.53. The van der Waals surface area contributed by atoms with Crippen molar-refractivity contribution in [3.05, 3.63) is 24.2 Å². The van der Waals surface area contributed by atoms with Gasteiger partial charge in [0.25, 0.3) is 5.91 Å². The van der Waals surface area contributed by atoms with Crippen LogP contribution in [-0.4, -0.2) is 72.3 Å². The monoisotopic (exact) mass is 405 g/mol. The van der Waals surface area contributed by atoms with Crippen LogP contribution in [0.3, 0.4) is 0 Å². The van der Waals surface area contributed by atoms with E-state index < -0.39 is 5.91 Å². The third-order valence-corrected chi connectivity index (χ3v) is 4.45. The van der Waals surface area contributed by atoms with Crippen LogP contribution < -0.4 is 16.4 Å². The van der Waals surface area contributed by atoms with Gasteiger partial charge in [0.2, 0.25) is 5.95 Å². The highest BCUT2D eigenvalue weighted by Gasteiger charge is 2.17. The molecule has 0 atom stereocenters. The van der Waals surface area contributed by atoms with Gasteiger partial charge in [0.1, 0.15) is 5.82 Å². The quantitative estimate of drug-likeness (QED) is 0.466. The van der Waals surface area contributed by atoms with Gasteiger partial charge in [-0.3, -0.25) is 9.48 Å². The summed E-state index contributed by atoms with van der Waals surface area (Å²) in [5.74, 6) is 0.0816. The minimum absolute atomic E-state index is 0.213. The number of nitrogens with zero attached hydrogens (tertiary/aromatic N) is 4. The Morgan fingerprint density at radius 1 is 1.31 bits per heavy atom. The topological polar surface area (TPSA) is 138 Å². The fourth-order valence-electron chi connectivity index (χ4n) is 2.92. The molecule has 1 aliphatic heterocycles. The summed E-state index contributed by atoms with van der Waals surface area (Å²) in [6.07, 6.45) is 6.90. The number of primary amides is 1. The van der Waals surface area contributed by atoms with Crippen LogP contribution in [0.5, 0.6) is 0 Å². The number of anilines is 3. The summed E-state index contributed by atoms with van der Waals surface area (Å²) >= 11 is 0. The predicted molar refractivity (Wildman–Crippen MR) is 106 cm³/mol. The van der Waals surface area contributed by atoms with E-state index in [9.17, 15) is 4.79 Å². The van der Waals surface area contributed by atoms with Crippen LogP contribution in [0.1, 0.15) is 29.2 Å². The molecule has 4 N–H and O–H groups in total. The van der Waals surface area contributed by atoms with Gasteiger partial charge >= 0.3 is 0 Å². The molecule has 0 bridgehead atoms. The molecule has 0 spiro atoms. The Balaban J connectivity index is 1.62. The Hall–Kier alpha value is -2.76. The minimum Gasteiger partial charge on any atom is -0.382 e. The molecule has 0 saturated carbocycles. The van der Waals surface area contributed by atoms with Crippen LogP contribution in [0.2, 0.25) is 0 Å². The average Bonchev–Trinajstić information content (AvgIpc) is 3.20. The number of hydrogen-bond acceptors (Lipinski definition) is 9. The number of nitrogens with one attached hydrogen (secondary N) is 2. The van der Waals surface area contributed by atoms with E-state index in [4.69, 9.17) is 19.9 Å². The highest BCUT2D eigenvalue weighted by Crippen LogP contribution is 2.23. The molecule has 11 nitrogen and oxygen atoms in total. The van der Waals surface area contributed by atoms with Crippen molar-refractivity contribution in [1.82, 2.24) is 19.7 Å². The lowest BCUT2D eigenvalue weighted by atomic mass is 10.1. The van der Waals surface area contributed by atoms with Gasteiger partial charge in [-0.15, -0.1) is 0 Å². The molecular weight excluding hydrogens is 378 g/mol. The number of ether oxygens (including phenoxy) is 3. The van der Waals surface area contributed by atoms with Gasteiger partial charge in [0, 0.05) is 39.3 Å². The molecule has 3 heterocycles. The Morgan fingerprint density at radius 2 is 2.14 bits per heavy atom. The summed E-state index contributed by atoms with van der Waals surface area (Å²) in [6, 6.07) is 0.327. The largest absolute Gasteiger partial charge is 0.382 e. The standard InChI is InChI=1S/C18H27N7O4/c1-27-8-9-29-7-4-20-17-15(16(19)26)11-21-18(24-17)23-13-10-22-25(12-13)14-2-5-28-6-3-14/h10-12,14H,2-9H2,1H3,(H2,19,26)(H2,20,21,23,24). The Morgan fingerprint density at radius 3 is 2.90 bits per heavy atom. The lowest BCUT2D eigenvalue weighted by Crippen LogP contribution is -2.20. The van der Waals surface area contributed by atoms with Crippen molar-refractivity contribution in [2.75, 3.05) is 57.3 Å². The van der Waals surface area contributed by atoms with Gasteiger partial charge in [0.15, 0.2) is 0 Å². The van der Waals surface area contributed by atoms with Gasteiger partial charge in [-0.05, 0) is 12.8 Å². The second-order valence-corrected chi connectivity index (χ2v) is 6.53. The first-order chi connectivity index (χ1) is 14.2. The van der Waals surface area contributed by atoms with Crippen molar-refractivity contribution in [1.29, 1.82) is 0 Å². The van der Waals surface area contributed by atoms with Crippen LogP contribution in [0.25, 0.3) is 0 Å². The van der Waals surface area contributed by atoms with E-state index >= 15 is 0 Å². The van der Waals surface area contributed by atoms with Crippen molar-refractivity contribution in [3.63, 3.8) is 0 Å². The van der Waals surface area contributed by atoms with Crippen LogP contribution in [0, 0.1) is 0 Å². The summed E-state index contributed by atoms with van der Waals surface area (Å²) in [4.78, 5) is 20.2. The normalized spacial score (nSPS) is 14.7. The second kappa shape index (κ2) is 10.7. The molecule has 2 aromatic heterocycles. The molecule has 11 heteroatoms. The molecule has 0 aromatic carbocycles. The summed E-state index contributed by atoms with van der Waals surface area (Å²) in [7, 11) is 1.61. The van der Waals surface area contributed by atoms with Crippen LogP contribution in [0.4, 0.5) is 17.5 Å². The van der Waals surface area contributed by atoms with E-state index in [2.05, 4.69) is 25.7 Å². The van der Waals surface area contributed by atoms with Crippen molar-refractivity contribution >= 4 is 23.4 Å². The van der Waals surface area contributed by atoms with E-state index in [0.29, 0.717) is 44.2 Å². The molecule has 1 aliphatic rings. The first-order valence-electron chi connectivity index (χ1n) is 9.53. The SMILES string of the molecule is COCCOCCNc1nc(Nc2cnn(C3CCOCC3)c2)ncc1C(N)=O. The zero-order valence-corrected chi connectivity index (χ0v) is 16.5. The van der Waals surface area contributed by atoms with Crippen molar-refractivity contribution < 1.29 is 19.0 Å². The van der Waals surface area contributed by atoms with Gasteiger partial charge < -0.3 is 30.6 Å². The number of carbonyl (C=O) groups excluding carboxylic acids is 1. The molecule has 0 unspecified atom stereocenters. The smallest absolute Gasteiger partial charge is 0.254 e. The summed E-state index contributed by atoms with van der Waals surface area (Å²) in [5, 5.41) is 10.6. The van der Waals surface area contributed by atoms with Gasteiger partial charge in [-0.25, -0.2) is 4.98 Å². The van der Waals surface area contributed by atoms with E-state index in [1.165, 1.54) is 6.20 Å². The van der Waals surface area contributed by atoms with E-state index in [0.717, 1.165) is 31.7 Å².